The predicted molar refractivity (Wildman–Crippen MR) is 121 cm³/mol. The Kier molecular flexibility index (Phi) is 5.41. The molecular weight excluding hydrogens is 404 g/mol. The highest BCUT2D eigenvalue weighted by atomic mass is 16.2. The molecule has 2 aliphatic heterocycles. The van der Waals surface area contributed by atoms with Crippen LogP contribution in [0.5, 0.6) is 0 Å². The lowest BCUT2D eigenvalue weighted by atomic mass is 10.1. The van der Waals surface area contributed by atoms with Crippen LogP contribution in [0.1, 0.15) is 21.5 Å². The Balaban J connectivity index is 1.15. The molecule has 1 fully saturated rings. The SMILES string of the molecule is O=C(Nc1ccc(C(=O)N2CCN(c3cccnn3)CC2)cc1)N1Cc2ccccc2C1. The predicted octanol–water partition coefficient (Wildman–Crippen LogP) is 2.99. The summed E-state index contributed by atoms with van der Waals surface area (Å²) >= 11 is 0. The molecule has 162 valence electrons. The molecule has 3 amide bonds. The number of amides is 3. The van der Waals surface area contributed by atoms with Gasteiger partial charge in [-0.1, -0.05) is 24.3 Å². The number of nitrogens with one attached hydrogen (secondary N) is 1. The van der Waals surface area contributed by atoms with Gasteiger partial charge in [-0.2, -0.15) is 5.10 Å². The number of aromatic nitrogens is 2. The Morgan fingerprint density at radius 3 is 2.09 bits per heavy atom. The van der Waals surface area contributed by atoms with Gasteiger partial charge in [0.25, 0.3) is 5.91 Å². The van der Waals surface area contributed by atoms with Crippen LogP contribution < -0.4 is 10.2 Å². The summed E-state index contributed by atoms with van der Waals surface area (Å²) < 4.78 is 0. The molecular formula is C24H24N6O2. The van der Waals surface area contributed by atoms with Crippen molar-refractivity contribution in [3.8, 4) is 0 Å². The average Bonchev–Trinajstić information content (AvgIpc) is 3.29. The molecule has 0 spiro atoms. The highest BCUT2D eigenvalue weighted by Crippen LogP contribution is 2.23. The third-order valence-electron chi connectivity index (χ3n) is 5.96. The minimum absolute atomic E-state index is 0.00309. The topological polar surface area (TPSA) is 81.7 Å². The number of anilines is 2. The summed E-state index contributed by atoms with van der Waals surface area (Å²) in [5, 5.41) is 11.0. The molecule has 0 radical (unpaired) electrons. The number of hydrogen-bond donors (Lipinski definition) is 1. The van der Waals surface area contributed by atoms with Gasteiger partial charge >= 0.3 is 6.03 Å². The van der Waals surface area contributed by atoms with E-state index in [1.165, 1.54) is 11.1 Å². The largest absolute Gasteiger partial charge is 0.352 e. The van der Waals surface area contributed by atoms with Gasteiger partial charge < -0.3 is 20.0 Å². The zero-order valence-electron chi connectivity index (χ0n) is 17.6. The molecule has 0 aliphatic carbocycles. The van der Waals surface area contributed by atoms with Crippen molar-refractivity contribution in [1.29, 1.82) is 0 Å². The van der Waals surface area contributed by atoms with E-state index in [2.05, 4.69) is 32.5 Å². The van der Waals surface area contributed by atoms with Crippen molar-refractivity contribution >= 4 is 23.4 Å². The molecule has 2 aliphatic rings. The van der Waals surface area contributed by atoms with Gasteiger partial charge in [0, 0.05) is 56.7 Å². The highest BCUT2D eigenvalue weighted by molar-refractivity contribution is 5.95. The maximum absolute atomic E-state index is 12.9. The van der Waals surface area contributed by atoms with Crippen LogP contribution in [0.25, 0.3) is 0 Å². The minimum atomic E-state index is -0.139. The van der Waals surface area contributed by atoms with Crippen LogP contribution in [0.4, 0.5) is 16.3 Å². The second kappa shape index (κ2) is 8.66. The standard InChI is InChI=1S/C24H24N6O2/c31-23(29-14-12-28(13-15-29)22-6-3-11-25-27-22)18-7-9-21(10-8-18)26-24(32)30-16-19-4-1-2-5-20(19)17-30/h1-11H,12-17H2,(H,26,32). The van der Waals surface area contributed by atoms with Crippen LogP contribution >= 0.6 is 0 Å². The molecule has 0 bridgehead atoms. The van der Waals surface area contributed by atoms with Crippen molar-refractivity contribution in [1.82, 2.24) is 20.0 Å². The maximum Gasteiger partial charge on any atom is 0.322 e. The Morgan fingerprint density at radius 1 is 0.781 bits per heavy atom. The summed E-state index contributed by atoms with van der Waals surface area (Å²) in [4.78, 5) is 31.3. The number of urea groups is 1. The van der Waals surface area contributed by atoms with E-state index in [0.717, 1.165) is 18.9 Å². The van der Waals surface area contributed by atoms with Gasteiger partial charge in [-0.05, 0) is 47.5 Å². The lowest BCUT2D eigenvalue weighted by molar-refractivity contribution is 0.0746. The van der Waals surface area contributed by atoms with E-state index < -0.39 is 0 Å². The molecule has 5 rings (SSSR count). The molecule has 1 saturated heterocycles. The third-order valence-corrected chi connectivity index (χ3v) is 5.96. The first-order chi connectivity index (χ1) is 15.7. The van der Waals surface area contributed by atoms with Crippen LogP contribution in [0, 0.1) is 0 Å². The first kappa shape index (κ1) is 20.0. The van der Waals surface area contributed by atoms with Gasteiger partial charge in [-0.3, -0.25) is 4.79 Å². The summed E-state index contributed by atoms with van der Waals surface area (Å²) in [5.74, 6) is 0.831. The molecule has 1 aromatic heterocycles. The van der Waals surface area contributed by atoms with Crippen molar-refractivity contribution in [2.24, 2.45) is 0 Å². The summed E-state index contributed by atoms with van der Waals surface area (Å²) in [7, 11) is 0. The Hall–Kier alpha value is -3.94. The Bertz CT molecular complexity index is 1090. The molecule has 3 aromatic rings. The van der Waals surface area contributed by atoms with Crippen LogP contribution in [-0.2, 0) is 13.1 Å². The van der Waals surface area contributed by atoms with Crippen molar-refractivity contribution in [2.45, 2.75) is 13.1 Å². The van der Waals surface area contributed by atoms with Gasteiger partial charge in [-0.15, -0.1) is 5.10 Å². The number of nitrogens with zero attached hydrogens (tertiary/aromatic N) is 5. The molecule has 8 heteroatoms. The first-order valence-electron chi connectivity index (χ1n) is 10.7. The molecule has 1 N–H and O–H groups in total. The molecule has 2 aromatic carbocycles. The van der Waals surface area contributed by atoms with E-state index in [9.17, 15) is 9.59 Å². The average molecular weight is 428 g/mol. The lowest BCUT2D eigenvalue weighted by Crippen LogP contribution is -2.49. The minimum Gasteiger partial charge on any atom is -0.352 e. The third kappa shape index (κ3) is 4.12. The fourth-order valence-electron chi connectivity index (χ4n) is 4.16. The monoisotopic (exact) mass is 428 g/mol. The zero-order valence-corrected chi connectivity index (χ0v) is 17.6. The molecule has 8 nitrogen and oxygen atoms in total. The fourth-order valence-corrected chi connectivity index (χ4v) is 4.16. The number of benzene rings is 2. The van der Waals surface area contributed by atoms with Crippen molar-refractivity contribution < 1.29 is 9.59 Å². The van der Waals surface area contributed by atoms with E-state index >= 15 is 0 Å². The second-order valence-corrected chi connectivity index (χ2v) is 7.99. The van der Waals surface area contributed by atoms with Crippen molar-refractivity contribution in [3.05, 3.63) is 83.6 Å². The zero-order chi connectivity index (χ0) is 21.9. The Labute approximate surface area is 186 Å². The number of carbonyl (C=O) groups excluding carboxylic acids is 2. The molecule has 0 saturated carbocycles. The van der Waals surface area contributed by atoms with Crippen LogP contribution in [-0.4, -0.2) is 58.1 Å². The van der Waals surface area contributed by atoms with Crippen LogP contribution in [0.3, 0.4) is 0 Å². The summed E-state index contributed by atoms with van der Waals surface area (Å²) in [5.41, 5.74) is 3.66. The number of piperazine rings is 1. The Morgan fingerprint density at radius 2 is 1.47 bits per heavy atom. The van der Waals surface area contributed by atoms with Crippen LogP contribution in [0.2, 0.25) is 0 Å². The fraction of sp³-hybridized carbons (Fsp3) is 0.250. The normalized spacial score (nSPS) is 15.4. The van der Waals surface area contributed by atoms with Gasteiger partial charge in [0.05, 0.1) is 0 Å². The smallest absolute Gasteiger partial charge is 0.322 e. The van der Waals surface area contributed by atoms with E-state index in [1.807, 2.05) is 29.2 Å². The second-order valence-electron chi connectivity index (χ2n) is 7.99. The molecule has 3 heterocycles. The van der Waals surface area contributed by atoms with E-state index in [-0.39, 0.29) is 11.9 Å². The van der Waals surface area contributed by atoms with E-state index in [4.69, 9.17) is 0 Å². The number of rotatable bonds is 3. The van der Waals surface area contributed by atoms with E-state index in [0.29, 0.717) is 37.4 Å². The van der Waals surface area contributed by atoms with E-state index in [1.54, 1.807) is 35.4 Å². The number of fused-ring (bicyclic) bond motifs is 1. The first-order valence-corrected chi connectivity index (χ1v) is 10.7. The lowest BCUT2D eigenvalue weighted by Gasteiger charge is -2.35. The number of hydrogen-bond acceptors (Lipinski definition) is 5. The maximum atomic E-state index is 12.9. The van der Waals surface area contributed by atoms with Crippen molar-refractivity contribution in [2.75, 3.05) is 36.4 Å². The van der Waals surface area contributed by atoms with Gasteiger partial charge in [0.2, 0.25) is 0 Å². The quantitative estimate of drug-likeness (QED) is 0.694. The van der Waals surface area contributed by atoms with Gasteiger partial charge in [0.15, 0.2) is 5.82 Å². The molecule has 32 heavy (non-hydrogen) atoms. The van der Waals surface area contributed by atoms with Crippen molar-refractivity contribution in [3.63, 3.8) is 0 Å². The molecule has 0 atom stereocenters. The highest BCUT2D eigenvalue weighted by Gasteiger charge is 2.24. The molecule has 0 unspecified atom stereocenters. The summed E-state index contributed by atoms with van der Waals surface area (Å²) in [6.07, 6.45) is 1.65. The van der Waals surface area contributed by atoms with Crippen LogP contribution in [0.15, 0.2) is 66.9 Å². The summed E-state index contributed by atoms with van der Waals surface area (Å²) in [6, 6.07) is 18.8. The van der Waals surface area contributed by atoms with Gasteiger partial charge in [0.1, 0.15) is 0 Å². The van der Waals surface area contributed by atoms with Gasteiger partial charge in [-0.25, -0.2) is 4.79 Å². The summed E-state index contributed by atoms with van der Waals surface area (Å²) in [6.45, 7) is 3.92. The number of carbonyl (C=O) groups is 2.